The molecule has 1 aromatic heterocycles. The number of benzene rings is 1. The predicted molar refractivity (Wildman–Crippen MR) is 111 cm³/mol. The number of β-amino-alcohol motifs (C(OH)–C–C–N with tert-alkyl or cyclic N) is 1. The standard InChI is InChI=1S/C21H26N4O3S/c1-13-19(29-12-24-13)15-4-2-14(3-5-15)9-23-20(27)18-8-17(26)11-25(18)21(28)16-6-7-22-10-16/h2-5,12,16-18,22,26H,6-11H2,1H3,(H,23,27)/t16?,17-,18+/m1/s1. The highest BCUT2D eigenvalue weighted by atomic mass is 32.1. The summed E-state index contributed by atoms with van der Waals surface area (Å²) in [5, 5.41) is 16.2. The molecule has 2 fully saturated rings. The van der Waals surface area contributed by atoms with Gasteiger partial charge in [-0.05, 0) is 31.0 Å². The van der Waals surface area contributed by atoms with E-state index in [2.05, 4.69) is 15.6 Å². The third-order valence-electron chi connectivity index (χ3n) is 5.70. The van der Waals surface area contributed by atoms with Gasteiger partial charge in [-0.15, -0.1) is 11.3 Å². The number of thiazole rings is 1. The van der Waals surface area contributed by atoms with Crippen molar-refractivity contribution in [3.8, 4) is 10.4 Å². The largest absolute Gasteiger partial charge is 0.391 e. The van der Waals surface area contributed by atoms with Crippen molar-refractivity contribution < 1.29 is 14.7 Å². The van der Waals surface area contributed by atoms with Crippen molar-refractivity contribution in [2.75, 3.05) is 19.6 Å². The molecule has 1 aromatic carbocycles. The summed E-state index contributed by atoms with van der Waals surface area (Å²) < 4.78 is 0. The molecule has 2 aromatic rings. The summed E-state index contributed by atoms with van der Waals surface area (Å²) in [4.78, 5) is 32.5. The third kappa shape index (κ3) is 4.34. The zero-order valence-electron chi connectivity index (χ0n) is 16.4. The van der Waals surface area contributed by atoms with Crippen molar-refractivity contribution in [3.63, 3.8) is 0 Å². The molecule has 2 saturated heterocycles. The quantitative estimate of drug-likeness (QED) is 0.686. The number of likely N-dealkylation sites (tertiary alicyclic amines) is 1. The lowest BCUT2D eigenvalue weighted by molar-refractivity contribution is -0.141. The fourth-order valence-electron chi connectivity index (χ4n) is 4.07. The van der Waals surface area contributed by atoms with E-state index in [0.717, 1.165) is 34.7 Å². The van der Waals surface area contributed by atoms with Crippen LogP contribution in [-0.2, 0) is 16.1 Å². The number of nitrogens with one attached hydrogen (secondary N) is 2. The summed E-state index contributed by atoms with van der Waals surface area (Å²) in [6.45, 7) is 4.08. The second-order valence-electron chi connectivity index (χ2n) is 7.77. The molecule has 3 N–H and O–H groups in total. The van der Waals surface area contributed by atoms with Crippen LogP contribution in [0.4, 0.5) is 0 Å². The minimum Gasteiger partial charge on any atom is -0.391 e. The van der Waals surface area contributed by atoms with Crippen LogP contribution in [0.5, 0.6) is 0 Å². The van der Waals surface area contributed by atoms with Gasteiger partial charge < -0.3 is 20.6 Å². The molecule has 154 valence electrons. The molecular weight excluding hydrogens is 388 g/mol. The number of nitrogens with zero attached hydrogens (tertiary/aromatic N) is 2. The number of aliphatic hydroxyl groups excluding tert-OH is 1. The van der Waals surface area contributed by atoms with E-state index < -0.39 is 12.1 Å². The fraction of sp³-hybridized carbons (Fsp3) is 0.476. The number of aryl methyl sites for hydroxylation is 1. The molecule has 2 aliphatic rings. The average Bonchev–Trinajstić information content (AvgIpc) is 3.47. The first-order valence-corrected chi connectivity index (χ1v) is 10.9. The Balaban J connectivity index is 1.37. The predicted octanol–water partition coefficient (Wildman–Crippen LogP) is 1.31. The molecule has 2 aliphatic heterocycles. The van der Waals surface area contributed by atoms with Crippen LogP contribution in [0, 0.1) is 12.8 Å². The Morgan fingerprint density at radius 2 is 2.14 bits per heavy atom. The topological polar surface area (TPSA) is 94.6 Å². The number of hydrogen-bond acceptors (Lipinski definition) is 6. The summed E-state index contributed by atoms with van der Waals surface area (Å²) in [7, 11) is 0. The molecule has 0 spiro atoms. The normalized spacial score (nSPS) is 24.1. The van der Waals surface area contributed by atoms with Crippen molar-refractivity contribution in [1.29, 1.82) is 0 Å². The van der Waals surface area contributed by atoms with Crippen LogP contribution in [0.1, 0.15) is 24.1 Å². The number of aromatic nitrogens is 1. The SMILES string of the molecule is Cc1ncsc1-c1ccc(CNC(=O)[C@@H]2C[C@@H](O)CN2C(=O)C2CCNC2)cc1. The molecular formula is C21H26N4O3S. The van der Waals surface area contributed by atoms with Crippen molar-refractivity contribution in [1.82, 2.24) is 20.5 Å². The van der Waals surface area contributed by atoms with E-state index in [9.17, 15) is 14.7 Å². The van der Waals surface area contributed by atoms with Crippen LogP contribution in [0.3, 0.4) is 0 Å². The summed E-state index contributed by atoms with van der Waals surface area (Å²) in [6, 6.07) is 7.45. The van der Waals surface area contributed by atoms with Crippen LogP contribution in [0.2, 0.25) is 0 Å². The highest BCUT2D eigenvalue weighted by molar-refractivity contribution is 7.13. The second-order valence-corrected chi connectivity index (χ2v) is 8.62. The molecule has 7 nitrogen and oxygen atoms in total. The van der Waals surface area contributed by atoms with Crippen molar-refractivity contribution in [2.24, 2.45) is 5.92 Å². The van der Waals surface area contributed by atoms with Gasteiger partial charge in [0.2, 0.25) is 11.8 Å². The summed E-state index contributed by atoms with van der Waals surface area (Å²) >= 11 is 1.61. The lowest BCUT2D eigenvalue weighted by atomic mass is 10.1. The number of hydrogen-bond donors (Lipinski definition) is 3. The molecule has 0 radical (unpaired) electrons. The van der Waals surface area contributed by atoms with Gasteiger partial charge in [0.1, 0.15) is 6.04 Å². The van der Waals surface area contributed by atoms with Crippen LogP contribution >= 0.6 is 11.3 Å². The van der Waals surface area contributed by atoms with Gasteiger partial charge in [0.15, 0.2) is 0 Å². The van der Waals surface area contributed by atoms with E-state index in [-0.39, 0.29) is 24.3 Å². The molecule has 0 bridgehead atoms. The molecule has 0 aliphatic carbocycles. The van der Waals surface area contributed by atoms with E-state index in [1.807, 2.05) is 36.7 Å². The maximum Gasteiger partial charge on any atom is 0.243 e. The molecule has 3 heterocycles. The zero-order valence-corrected chi connectivity index (χ0v) is 17.2. The van der Waals surface area contributed by atoms with Gasteiger partial charge in [-0.1, -0.05) is 24.3 Å². The first kappa shape index (κ1) is 20.0. The van der Waals surface area contributed by atoms with Crippen LogP contribution in [-0.4, -0.2) is 58.6 Å². The second kappa shape index (κ2) is 8.61. The minimum absolute atomic E-state index is 0.0315. The van der Waals surface area contributed by atoms with E-state index in [0.29, 0.717) is 19.5 Å². The molecule has 2 amide bonds. The Morgan fingerprint density at radius 1 is 1.34 bits per heavy atom. The van der Waals surface area contributed by atoms with Crippen molar-refractivity contribution >= 4 is 23.2 Å². The Labute approximate surface area is 174 Å². The van der Waals surface area contributed by atoms with Gasteiger partial charge in [-0.2, -0.15) is 0 Å². The number of aliphatic hydroxyl groups is 1. The minimum atomic E-state index is -0.647. The Kier molecular flexibility index (Phi) is 5.94. The van der Waals surface area contributed by atoms with Crippen molar-refractivity contribution in [3.05, 3.63) is 41.0 Å². The summed E-state index contributed by atoms with van der Waals surface area (Å²) in [5.74, 6) is -0.336. The monoisotopic (exact) mass is 414 g/mol. The first-order valence-electron chi connectivity index (χ1n) is 9.99. The number of amides is 2. The maximum atomic E-state index is 12.8. The number of carbonyl (C=O) groups excluding carboxylic acids is 2. The molecule has 3 atom stereocenters. The first-order chi connectivity index (χ1) is 14.0. The van der Waals surface area contributed by atoms with E-state index in [4.69, 9.17) is 0 Å². The average molecular weight is 415 g/mol. The molecule has 1 unspecified atom stereocenters. The summed E-state index contributed by atoms with van der Waals surface area (Å²) in [5.41, 5.74) is 4.95. The van der Waals surface area contributed by atoms with Crippen LogP contribution in [0.25, 0.3) is 10.4 Å². The van der Waals surface area contributed by atoms with E-state index in [1.165, 1.54) is 0 Å². The lowest BCUT2D eigenvalue weighted by Crippen LogP contribution is -2.48. The molecule has 29 heavy (non-hydrogen) atoms. The van der Waals surface area contributed by atoms with Gasteiger partial charge in [-0.25, -0.2) is 4.98 Å². The third-order valence-corrected chi connectivity index (χ3v) is 6.68. The van der Waals surface area contributed by atoms with Gasteiger partial charge in [0, 0.05) is 26.1 Å². The molecule has 4 rings (SSSR count). The summed E-state index contributed by atoms with van der Waals surface area (Å²) in [6.07, 6.45) is 0.429. The smallest absolute Gasteiger partial charge is 0.243 e. The van der Waals surface area contributed by atoms with Crippen molar-refractivity contribution in [2.45, 2.75) is 38.5 Å². The number of rotatable bonds is 5. The van der Waals surface area contributed by atoms with Gasteiger partial charge in [0.25, 0.3) is 0 Å². The molecule has 8 heteroatoms. The van der Waals surface area contributed by atoms with Gasteiger partial charge in [-0.3, -0.25) is 9.59 Å². The maximum absolute atomic E-state index is 12.8. The van der Waals surface area contributed by atoms with Crippen LogP contribution in [0.15, 0.2) is 29.8 Å². The number of carbonyl (C=O) groups is 2. The Bertz CT molecular complexity index is 876. The Hall–Kier alpha value is -2.29. The fourth-order valence-corrected chi connectivity index (χ4v) is 4.88. The Morgan fingerprint density at radius 3 is 2.79 bits per heavy atom. The lowest BCUT2D eigenvalue weighted by Gasteiger charge is -2.26. The zero-order chi connectivity index (χ0) is 20.4. The van der Waals surface area contributed by atoms with Gasteiger partial charge >= 0.3 is 0 Å². The van der Waals surface area contributed by atoms with E-state index in [1.54, 1.807) is 16.2 Å². The van der Waals surface area contributed by atoms with E-state index >= 15 is 0 Å². The van der Waals surface area contributed by atoms with Gasteiger partial charge in [0.05, 0.1) is 28.1 Å². The van der Waals surface area contributed by atoms with Crippen LogP contribution < -0.4 is 10.6 Å². The molecule has 0 saturated carbocycles. The highest BCUT2D eigenvalue weighted by Crippen LogP contribution is 2.27. The highest BCUT2D eigenvalue weighted by Gasteiger charge is 2.41.